The van der Waals surface area contributed by atoms with E-state index in [1.807, 2.05) is 49.4 Å². The molecular weight excluding hydrogens is 420 g/mol. The van der Waals surface area contributed by atoms with Crippen molar-refractivity contribution in [1.82, 2.24) is 4.98 Å². The van der Waals surface area contributed by atoms with Gasteiger partial charge in [-0.15, -0.1) is 0 Å². The molecule has 0 radical (unpaired) electrons. The van der Waals surface area contributed by atoms with Gasteiger partial charge < -0.3 is 23.8 Å². The number of carbonyl (C=O) groups is 1. The van der Waals surface area contributed by atoms with Crippen LogP contribution < -0.4 is 19.1 Å². The third kappa shape index (κ3) is 5.20. The number of fused-ring (bicyclic) bond motifs is 1. The first kappa shape index (κ1) is 22.9. The molecule has 2 aromatic carbocycles. The van der Waals surface area contributed by atoms with Gasteiger partial charge >= 0.3 is 0 Å². The van der Waals surface area contributed by atoms with E-state index in [4.69, 9.17) is 23.9 Å². The molecule has 0 unspecified atom stereocenters. The summed E-state index contributed by atoms with van der Waals surface area (Å²) >= 11 is 0. The number of para-hydroxylation sites is 1. The zero-order valence-corrected chi connectivity index (χ0v) is 19.4. The summed E-state index contributed by atoms with van der Waals surface area (Å²) in [7, 11) is 1.60. The van der Waals surface area contributed by atoms with Crippen molar-refractivity contribution in [2.45, 2.75) is 33.3 Å². The molecule has 1 aromatic heterocycles. The van der Waals surface area contributed by atoms with Crippen molar-refractivity contribution in [2.75, 3.05) is 38.4 Å². The number of ether oxygens (including phenoxy) is 4. The van der Waals surface area contributed by atoms with Crippen molar-refractivity contribution in [3.63, 3.8) is 0 Å². The average Bonchev–Trinajstić information content (AvgIpc) is 2.84. The first-order valence-electron chi connectivity index (χ1n) is 11.3. The molecule has 0 bridgehead atoms. The molecule has 0 N–H and O–H groups in total. The van der Waals surface area contributed by atoms with Crippen LogP contribution in [0.3, 0.4) is 0 Å². The lowest BCUT2D eigenvalue weighted by molar-refractivity contribution is -0.125. The van der Waals surface area contributed by atoms with Crippen LogP contribution in [0.5, 0.6) is 17.2 Å². The molecule has 1 aliphatic rings. The largest absolute Gasteiger partial charge is 0.497 e. The van der Waals surface area contributed by atoms with E-state index in [1.165, 1.54) is 0 Å². The first-order valence-corrected chi connectivity index (χ1v) is 11.3. The fourth-order valence-electron chi connectivity index (χ4n) is 3.83. The van der Waals surface area contributed by atoms with Crippen LogP contribution in [0, 0.1) is 6.92 Å². The predicted octanol–water partition coefficient (Wildman–Crippen LogP) is 4.67. The number of methoxy groups -OCH3 is 1. The van der Waals surface area contributed by atoms with Gasteiger partial charge in [-0.25, -0.2) is 4.98 Å². The number of amides is 1. The normalized spacial score (nSPS) is 13.9. The van der Waals surface area contributed by atoms with Crippen LogP contribution in [0.25, 0.3) is 10.9 Å². The monoisotopic (exact) mass is 450 g/mol. The summed E-state index contributed by atoms with van der Waals surface area (Å²) in [5, 5.41) is 1.00. The number of hydrogen-bond donors (Lipinski definition) is 0. The molecule has 0 saturated carbocycles. The number of carbonyl (C=O) groups excluding carboxylic acids is 1. The topological polar surface area (TPSA) is 70.1 Å². The van der Waals surface area contributed by atoms with Crippen molar-refractivity contribution in [2.24, 2.45) is 0 Å². The SMILES string of the molecule is CCCCOc1c(C)c(COc2cc(OC)cc(N3CCOCC3=O)c2)nc2ccccc12. The van der Waals surface area contributed by atoms with Crippen LogP contribution in [0.2, 0.25) is 0 Å². The number of pyridine rings is 1. The zero-order valence-electron chi connectivity index (χ0n) is 19.4. The number of rotatable bonds is 9. The summed E-state index contributed by atoms with van der Waals surface area (Å²) in [6, 6.07) is 13.5. The number of aromatic nitrogens is 1. The van der Waals surface area contributed by atoms with Gasteiger partial charge in [0.2, 0.25) is 0 Å². The summed E-state index contributed by atoms with van der Waals surface area (Å²) in [5.41, 5.74) is 3.38. The van der Waals surface area contributed by atoms with Crippen LogP contribution in [0.1, 0.15) is 31.0 Å². The standard InChI is InChI=1S/C26H30N2O5/c1-4-5-11-32-26-18(2)24(27-23-9-7-6-8-22(23)26)16-33-21-14-19(13-20(15-21)30-3)28-10-12-31-17-25(28)29/h6-9,13-15H,4-5,10-12,16-17H2,1-3H3. The first-order chi connectivity index (χ1) is 16.1. The summed E-state index contributed by atoms with van der Waals surface area (Å²) in [4.78, 5) is 18.8. The Balaban J connectivity index is 1.61. The Bertz CT molecular complexity index is 1130. The van der Waals surface area contributed by atoms with E-state index in [-0.39, 0.29) is 19.1 Å². The van der Waals surface area contributed by atoms with E-state index in [1.54, 1.807) is 12.0 Å². The van der Waals surface area contributed by atoms with Gasteiger partial charge in [-0.05, 0) is 25.5 Å². The minimum Gasteiger partial charge on any atom is -0.497 e. The van der Waals surface area contributed by atoms with Crippen molar-refractivity contribution >= 4 is 22.5 Å². The maximum Gasteiger partial charge on any atom is 0.253 e. The highest BCUT2D eigenvalue weighted by atomic mass is 16.5. The second-order valence-electron chi connectivity index (χ2n) is 7.99. The van der Waals surface area contributed by atoms with Gasteiger partial charge in [-0.1, -0.05) is 25.5 Å². The molecule has 1 aliphatic heterocycles. The van der Waals surface area contributed by atoms with Crippen molar-refractivity contribution in [3.05, 3.63) is 53.7 Å². The zero-order chi connectivity index (χ0) is 23.2. The fraction of sp³-hybridized carbons (Fsp3) is 0.385. The van der Waals surface area contributed by atoms with Gasteiger partial charge in [0.05, 0.1) is 37.2 Å². The summed E-state index contributed by atoms with van der Waals surface area (Å²) < 4.78 is 23.0. The molecule has 1 fully saturated rings. The van der Waals surface area contributed by atoms with Crippen LogP contribution in [-0.4, -0.2) is 44.4 Å². The highest BCUT2D eigenvalue weighted by Crippen LogP contribution is 2.33. The molecule has 2 heterocycles. The van der Waals surface area contributed by atoms with E-state index >= 15 is 0 Å². The highest BCUT2D eigenvalue weighted by Gasteiger charge is 2.22. The Morgan fingerprint density at radius 3 is 2.73 bits per heavy atom. The van der Waals surface area contributed by atoms with Gasteiger partial charge in [-0.3, -0.25) is 4.79 Å². The van der Waals surface area contributed by atoms with Gasteiger partial charge in [0.1, 0.15) is 30.5 Å². The van der Waals surface area contributed by atoms with E-state index in [0.29, 0.717) is 31.3 Å². The molecule has 7 heteroatoms. The number of nitrogens with zero attached hydrogens (tertiary/aromatic N) is 2. The molecular formula is C26H30N2O5. The number of hydrogen-bond acceptors (Lipinski definition) is 6. The molecule has 3 aromatic rings. The van der Waals surface area contributed by atoms with Crippen molar-refractivity contribution in [3.8, 4) is 17.2 Å². The number of morpholine rings is 1. The summed E-state index contributed by atoms with van der Waals surface area (Å²) in [5.74, 6) is 2.00. The fourth-order valence-corrected chi connectivity index (χ4v) is 3.83. The van der Waals surface area contributed by atoms with Gasteiger partial charge in [0.15, 0.2) is 0 Å². The smallest absolute Gasteiger partial charge is 0.253 e. The summed E-state index contributed by atoms with van der Waals surface area (Å²) in [6.07, 6.45) is 2.07. The van der Waals surface area contributed by atoms with Gasteiger partial charge in [-0.2, -0.15) is 0 Å². The maximum absolute atomic E-state index is 12.3. The van der Waals surface area contributed by atoms with Crippen molar-refractivity contribution in [1.29, 1.82) is 0 Å². The van der Waals surface area contributed by atoms with E-state index in [0.717, 1.165) is 46.4 Å². The number of benzene rings is 2. The van der Waals surface area contributed by atoms with E-state index < -0.39 is 0 Å². The highest BCUT2D eigenvalue weighted by molar-refractivity contribution is 5.95. The third-order valence-electron chi connectivity index (χ3n) is 5.70. The van der Waals surface area contributed by atoms with Crippen LogP contribution in [-0.2, 0) is 16.1 Å². The quantitative estimate of drug-likeness (QED) is 0.441. The Kier molecular flexibility index (Phi) is 7.29. The Morgan fingerprint density at radius 2 is 1.94 bits per heavy atom. The molecule has 4 rings (SSSR count). The van der Waals surface area contributed by atoms with Crippen molar-refractivity contribution < 1.29 is 23.7 Å². The second-order valence-corrected chi connectivity index (χ2v) is 7.99. The molecule has 0 spiro atoms. The third-order valence-corrected chi connectivity index (χ3v) is 5.70. The lowest BCUT2D eigenvalue weighted by Crippen LogP contribution is -2.41. The average molecular weight is 451 g/mol. The van der Waals surface area contributed by atoms with Gasteiger partial charge in [0.25, 0.3) is 5.91 Å². The second kappa shape index (κ2) is 10.5. The molecule has 174 valence electrons. The Labute approximate surface area is 194 Å². The van der Waals surface area contributed by atoms with Gasteiger partial charge in [0, 0.05) is 35.7 Å². The summed E-state index contributed by atoms with van der Waals surface area (Å²) in [6.45, 7) is 6.17. The van der Waals surface area contributed by atoms with Crippen LogP contribution >= 0.6 is 0 Å². The molecule has 0 atom stereocenters. The maximum atomic E-state index is 12.3. The lowest BCUT2D eigenvalue weighted by Gasteiger charge is -2.27. The Morgan fingerprint density at radius 1 is 1.12 bits per heavy atom. The molecule has 7 nitrogen and oxygen atoms in total. The molecule has 0 aliphatic carbocycles. The lowest BCUT2D eigenvalue weighted by atomic mass is 10.1. The Hall–Kier alpha value is -3.32. The van der Waals surface area contributed by atoms with Crippen LogP contribution in [0.15, 0.2) is 42.5 Å². The predicted molar refractivity (Wildman–Crippen MR) is 127 cm³/mol. The number of anilines is 1. The minimum absolute atomic E-state index is 0.0778. The molecule has 1 amide bonds. The number of unbranched alkanes of at least 4 members (excludes halogenated alkanes) is 1. The van der Waals surface area contributed by atoms with E-state index in [9.17, 15) is 4.79 Å². The van der Waals surface area contributed by atoms with Crippen LogP contribution in [0.4, 0.5) is 5.69 Å². The minimum atomic E-state index is -0.0821. The molecule has 33 heavy (non-hydrogen) atoms. The molecule has 1 saturated heterocycles. The van der Waals surface area contributed by atoms with E-state index in [2.05, 4.69) is 6.92 Å².